The number of nitrogens with two attached hydrogens (primary N) is 1. The van der Waals surface area contributed by atoms with E-state index in [0.717, 1.165) is 42.0 Å². The molecule has 1 aliphatic heterocycles. The number of pyridine rings is 1. The molecule has 3 nitrogen and oxygen atoms in total. The lowest BCUT2D eigenvalue weighted by molar-refractivity contribution is 0.422. The van der Waals surface area contributed by atoms with Crippen LogP contribution >= 0.6 is 0 Å². The summed E-state index contributed by atoms with van der Waals surface area (Å²) in [7, 11) is 0. The van der Waals surface area contributed by atoms with Gasteiger partial charge in [0.2, 0.25) is 0 Å². The van der Waals surface area contributed by atoms with Crippen LogP contribution in [0.2, 0.25) is 0 Å². The Labute approximate surface area is 97.7 Å². The van der Waals surface area contributed by atoms with E-state index in [1.807, 2.05) is 6.92 Å². The standard InChI is InChI=1S/C13H21N3/c1-9(2)11-4-5-16(8-11)13-6-10(3)12(14)7-15-13/h6-7,9,11H,4-5,8,14H2,1-3H3. The number of nitrogen functional groups attached to an aromatic ring is 1. The molecule has 1 aromatic heterocycles. The normalized spacial score (nSPS) is 20.8. The Bertz CT molecular complexity index is 373. The molecule has 1 saturated heterocycles. The van der Waals surface area contributed by atoms with Crippen LogP contribution < -0.4 is 10.6 Å². The first-order valence-electron chi connectivity index (χ1n) is 6.05. The Balaban J connectivity index is 2.11. The van der Waals surface area contributed by atoms with Crippen molar-refractivity contribution in [3.05, 3.63) is 17.8 Å². The van der Waals surface area contributed by atoms with E-state index >= 15 is 0 Å². The van der Waals surface area contributed by atoms with Gasteiger partial charge in [0.05, 0.1) is 11.9 Å². The molecule has 1 unspecified atom stereocenters. The number of hydrogen-bond acceptors (Lipinski definition) is 3. The lowest BCUT2D eigenvalue weighted by atomic mass is 9.95. The quantitative estimate of drug-likeness (QED) is 0.830. The molecule has 3 heteroatoms. The summed E-state index contributed by atoms with van der Waals surface area (Å²) in [5, 5.41) is 0. The van der Waals surface area contributed by atoms with Crippen LogP contribution in [0.15, 0.2) is 12.3 Å². The Morgan fingerprint density at radius 2 is 2.25 bits per heavy atom. The summed E-state index contributed by atoms with van der Waals surface area (Å²) in [6.07, 6.45) is 3.05. The van der Waals surface area contributed by atoms with Crippen molar-refractivity contribution < 1.29 is 0 Å². The molecule has 0 amide bonds. The number of rotatable bonds is 2. The fourth-order valence-electron chi connectivity index (χ4n) is 2.26. The van der Waals surface area contributed by atoms with Crippen molar-refractivity contribution in [2.24, 2.45) is 11.8 Å². The van der Waals surface area contributed by atoms with Gasteiger partial charge in [-0.05, 0) is 36.8 Å². The molecule has 2 rings (SSSR count). The first-order chi connectivity index (χ1) is 7.58. The van der Waals surface area contributed by atoms with E-state index in [2.05, 4.69) is 29.8 Å². The van der Waals surface area contributed by atoms with E-state index in [4.69, 9.17) is 5.73 Å². The molecule has 0 bridgehead atoms. The molecule has 1 fully saturated rings. The fourth-order valence-corrected chi connectivity index (χ4v) is 2.26. The van der Waals surface area contributed by atoms with E-state index in [-0.39, 0.29) is 0 Å². The van der Waals surface area contributed by atoms with Gasteiger partial charge in [-0.2, -0.15) is 0 Å². The van der Waals surface area contributed by atoms with Crippen LogP contribution in [0.3, 0.4) is 0 Å². The molecule has 2 N–H and O–H groups in total. The highest BCUT2D eigenvalue weighted by molar-refractivity contribution is 5.52. The summed E-state index contributed by atoms with van der Waals surface area (Å²) in [5.74, 6) is 2.65. The van der Waals surface area contributed by atoms with Gasteiger partial charge < -0.3 is 10.6 Å². The zero-order valence-electron chi connectivity index (χ0n) is 10.4. The minimum absolute atomic E-state index is 0.764. The average molecular weight is 219 g/mol. The second-order valence-electron chi connectivity index (χ2n) is 5.14. The predicted octanol–water partition coefficient (Wildman–Crippen LogP) is 2.45. The summed E-state index contributed by atoms with van der Waals surface area (Å²) in [6, 6.07) is 2.10. The van der Waals surface area contributed by atoms with Gasteiger partial charge in [-0.25, -0.2) is 4.98 Å². The SMILES string of the molecule is Cc1cc(N2CCC(C(C)C)C2)ncc1N. The molecule has 2 heterocycles. The first kappa shape index (κ1) is 11.2. The van der Waals surface area contributed by atoms with Gasteiger partial charge in [0.25, 0.3) is 0 Å². The lowest BCUT2D eigenvalue weighted by Gasteiger charge is -2.19. The third kappa shape index (κ3) is 2.13. The van der Waals surface area contributed by atoms with Gasteiger partial charge in [0, 0.05) is 13.1 Å². The number of aryl methyl sites for hydroxylation is 1. The van der Waals surface area contributed by atoms with Crippen molar-refractivity contribution in [2.45, 2.75) is 27.2 Å². The summed E-state index contributed by atoms with van der Waals surface area (Å²) in [4.78, 5) is 6.79. The van der Waals surface area contributed by atoms with Crippen LogP contribution in [0.1, 0.15) is 25.8 Å². The van der Waals surface area contributed by atoms with E-state index in [1.165, 1.54) is 6.42 Å². The number of aromatic nitrogens is 1. The summed E-state index contributed by atoms with van der Waals surface area (Å²) in [6.45, 7) is 8.90. The molecule has 1 aromatic rings. The lowest BCUT2D eigenvalue weighted by Crippen LogP contribution is -2.22. The summed E-state index contributed by atoms with van der Waals surface area (Å²) >= 11 is 0. The topological polar surface area (TPSA) is 42.2 Å². The molecular weight excluding hydrogens is 198 g/mol. The van der Waals surface area contributed by atoms with E-state index in [9.17, 15) is 0 Å². The highest BCUT2D eigenvalue weighted by atomic mass is 15.2. The van der Waals surface area contributed by atoms with Gasteiger partial charge >= 0.3 is 0 Å². The Morgan fingerprint density at radius 3 is 2.81 bits per heavy atom. The van der Waals surface area contributed by atoms with Crippen LogP contribution in [0.5, 0.6) is 0 Å². The van der Waals surface area contributed by atoms with Gasteiger partial charge in [-0.3, -0.25) is 0 Å². The minimum atomic E-state index is 0.764. The van der Waals surface area contributed by atoms with Crippen LogP contribution in [0.25, 0.3) is 0 Å². The number of anilines is 2. The monoisotopic (exact) mass is 219 g/mol. The van der Waals surface area contributed by atoms with Crippen LogP contribution in [0, 0.1) is 18.8 Å². The van der Waals surface area contributed by atoms with Crippen LogP contribution in [0.4, 0.5) is 11.5 Å². The fraction of sp³-hybridized carbons (Fsp3) is 0.615. The highest BCUT2D eigenvalue weighted by Crippen LogP contribution is 2.28. The Morgan fingerprint density at radius 1 is 1.50 bits per heavy atom. The van der Waals surface area contributed by atoms with E-state index in [1.54, 1.807) is 6.20 Å². The third-order valence-corrected chi connectivity index (χ3v) is 3.63. The second-order valence-corrected chi connectivity index (χ2v) is 5.14. The molecule has 0 radical (unpaired) electrons. The number of nitrogens with zero attached hydrogens (tertiary/aromatic N) is 2. The van der Waals surface area contributed by atoms with Gasteiger partial charge in [0.1, 0.15) is 5.82 Å². The molecule has 0 aliphatic carbocycles. The largest absolute Gasteiger partial charge is 0.397 e. The Kier molecular flexibility index (Phi) is 3.03. The van der Waals surface area contributed by atoms with Crippen LogP contribution in [-0.2, 0) is 0 Å². The molecule has 16 heavy (non-hydrogen) atoms. The van der Waals surface area contributed by atoms with Gasteiger partial charge in [-0.1, -0.05) is 13.8 Å². The highest BCUT2D eigenvalue weighted by Gasteiger charge is 2.25. The molecule has 0 saturated carbocycles. The Hall–Kier alpha value is -1.25. The molecule has 0 spiro atoms. The zero-order chi connectivity index (χ0) is 11.7. The maximum atomic E-state index is 5.78. The smallest absolute Gasteiger partial charge is 0.128 e. The first-order valence-corrected chi connectivity index (χ1v) is 6.05. The predicted molar refractivity (Wildman–Crippen MR) is 68.5 cm³/mol. The molecular formula is C13H21N3. The summed E-state index contributed by atoms with van der Waals surface area (Å²) < 4.78 is 0. The molecule has 88 valence electrons. The molecule has 1 atom stereocenters. The molecule has 1 aliphatic rings. The summed E-state index contributed by atoms with van der Waals surface area (Å²) in [5.41, 5.74) is 7.69. The third-order valence-electron chi connectivity index (χ3n) is 3.63. The minimum Gasteiger partial charge on any atom is -0.397 e. The maximum Gasteiger partial charge on any atom is 0.128 e. The average Bonchev–Trinajstić information content (AvgIpc) is 2.71. The molecule has 0 aromatic carbocycles. The zero-order valence-corrected chi connectivity index (χ0v) is 10.4. The number of hydrogen-bond donors (Lipinski definition) is 1. The van der Waals surface area contributed by atoms with Gasteiger partial charge in [0.15, 0.2) is 0 Å². The second kappa shape index (κ2) is 4.32. The van der Waals surface area contributed by atoms with Gasteiger partial charge in [-0.15, -0.1) is 0 Å². The van der Waals surface area contributed by atoms with E-state index < -0.39 is 0 Å². The maximum absolute atomic E-state index is 5.78. The van der Waals surface area contributed by atoms with Crippen molar-refractivity contribution in [1.82, 2.24) is 4.98 Å². The van der Waals surface area contributed by atoms with Crippen molar-refractivity contribution in [2.75, 3.05) is 23.7 Å². The van der Waals surface area contributed by atoms with Crippen molar-refractivity contribution in [3.63, 3.8) is 0 Å². The van der Waals surface area contributed by atoms with Crippen molar-refractivity contribution in [1.29, 1.82) is 0 Å². The van der Waals surface area contributed by atoms with Crippen molar-refractivity contribution in [3.8, 4) is 0 Å². The van der Waals surface area contributed by atoms with Crippen molar-refractivity contribution >= 4 is 11.5 Å². The van der Waals surface area contributed by atoms with Crippen LogP contribution in [-0.4, -0.2) is 18.1 Å². The van der Waals surface area contributed by atoms with E-state index in [0.29, 0.717) is 0 Å².